The molecule has 0 aliphatic carbocycles. The van der Waals surface area contributed by atoms with E-state index in [1.807, 2.05) is 6.92 Å². The maximum Gasteiger partial charge on any atom is 0.343 e. The molecule has 2 nitrogen and oxygen atoms in total. The van der Waals surface area contributed by atoms with E-state index in [1.165, 1.54) is 18.5 Å². The molecule has 0 amide bonds. The number of hydrogen-bond acceptors (Lipinski definition) is 2. The van der Waals surface area contributed by atoms with Crippen LogP contribution in [-0.4, -0.2) is 37.2 Å². The molecule has 0 aromatic heterocycles. The average Bonchev–Trinajstić information content (AvgIpc) is 2.12. The van der Waals surface area contributed by atoms with Gasteiger partial charge in [-0.1, -0.05) is 41.5 Å². The summed E-state index contributed by atoms with van der Waals surface area (Å²) in [6.07, 6.45) is 4.36. The minimum atomic E-state index is -1.22. The fourth-order valence-corrected chi connectivity index (χ4v) is 9.34. The van der Waals surface area contributed by atoms with Gasteiger partial charge in [0.05, 0.1) is 25.1 Å². The highest BCUT2D eigenvalue weighted by molar-refractivity contribution is 7.76. The molecule has 19 heavy (non-hydrogen) atoms. The number of carbonyl (C=O) groups is 1. The molecule has 0 saturated heterocycles. The summed E-state index contributed by atoms with van der Waals surface area (Å²) in [5.74, 6) is 2.03. The second-order valence-electron chi connectivity index (χ2n) is 7.03. The molecule has 0 bridgehead atoms. The first-order valence-electron chi connectivity index (χ1n) is 7.71. The number of carbonyl (C=O) groups excluding carboxylic acids is 1. The van der Waals surface area contributed by atoms with Crippen LogP contribution in [0.5, 0.6) is 0 Å². The molecular weight excluding hydrogens is 255 g/mol. The fourth-order valence-electron chi connectivity index (χ4n) is 3.22. The van der Waals surface area contributed by atoms with Crippen LogP contribution in [0.2, 0.25) is 0 Å². The van der Waals surface area contributed by atoms with Crippen LogP contribution >= 0.6 is 7.26 Å². The molecular formula is C16H34O2P+. The summed E-state index contributed by atoms with van der Waals surface area (Å²) < 4.78 is 5.23. The Bertz CT molecular complexity index is 233. The number of rotatable bonds is 9. The zero-order valence-electron chi connectivity index (χ0n) is 14.0. The lowest BCUT2D eigenvalue weighted by Gasteiger charge is -2.31. The molecule has 0 N–H and O–H groups in total. The summed E-state index contributed by atoms with van der Waals surface area (Å²) in [6.45, 7) is 16.1. The van der Waals surface area contributed by atoms with Gasteiger partial charge in [-0.2, -0.15) is 0 Å². The van der Waals surface area contributed by atoms with Crippen LogP contribution in [-0.2, 0) is 9.53 Å². The third-order valence-electron chi connectivity index (χ3n) is 3.03. The molecule has 0 heterocycles. The fraction of sp³-hybridized carbons (Fsp3) is 0.938. The van der Waals surface area contributed by atoms with Crippen LogP contribution in [0.3, 0.4) is 0 Å². The minimum absolute atomic E-state index is 0.0257. The monoisotopic (exact) mass is 289 g/mol. The zero-order valence-corrected chi connectivity index (χ0v) is 14.9. The van der Waals surface area contributed by atoms with Gasteiger partial charge in [0.2, 0.25) is 0 Å². The van der Waals surface area contributed by atoms with E-state index in [0.29, 0.717) is 30.5 Å². The van der Waals surface area contributed by atoms with Crippen molar-refractivity contribution < 1.29 is 9.53 Å². The third kappa shape index (κ3) is 8.63. The highest BCUT2D eigenvalue weighted by Crippen LogP contribution is 2.62. The maximum atomic E-state index is 12.0. The van der Waals surface area contributed by atoms with Crippen molar-refractivity contribution in [2.75, 3.05) is 31.3 Å². The molecule has 0 unspecified atom stereocenters. The number of ether oxygens (including phenoxy) is 1. The lowest BCUT2D eigenvalue weighted by molar-refractivity contribution is -0.140. The van der Waals surface area contributed by atoms with E-state index in [0.717, 1.165) is 0 Å². The Balaban J connectivity index is 5.03. The van der Waals surface area contributed by atoms with Crippen LogP contribution in [0.4, 0.5) is 0 Å². The smallest absolute Gasteiger partial charge is 0.343 e. The second-order valence-corrected chi connectivity index (χ2v) is 11.1. The summed E-state index contributed by atoms with van der Waals surface area (Å²) >= 11 is 0. The van der Waals surface area contributed by atoms with Gasteiger partial charge in [0.25, 0.3) is 0 Å². The number of esters is 1. The van der Waals surface area contributed by atoms with Gasteiger partial charge in [0, 0.05) is 7.26 Å². The molecule has 0 saturated carbocycles. The van der Waals surface area contributed by atoms with Crippen LogP contribution in [0.15, 0.2) is 0 Å². The topological polar surface area (TPSA) is 26.3 Å². The molecule has 3 heteroatoms. The first-order valence-corrected chi connectivity index (χ1v) is 10.2. The summed E-state index contributed by atoms with van der Waals surface area (Å²) in [5, 5.41) is 0. The van der Waals surface area contributed by atoms with E-state index in [4.69, 9.17) is 4.74 Å². The van der Waals surface area contributed by atoms with Crippen molar-refractivity contribution in [2.24, 2.45) is 17.8 Å². The molecule has 0 fully saturated rings. The highest BCUT2D eigenvalue weighted by atomic mass is 31.2. The van der Waals surface area contributed by atoms with E-state index in [1.54, 1.807) is 0 Å². The minimum Gasteiger partial charge on any atom is -0.463 e. The van der Waals surface area contributed by atoms with Gasteiger partial charge >= 0.3 is 5.97 Å². The molecule has 0 aromatic rings. The van der Waals surface area contributed by atoms with Crippen molar-refractivity contribution >= 4 is 13.2 Å². The molecule has 0 spiro atoms. The Hall–Kier alpha value is -0.100. The summed E-state index contributed by atoms with van der Waals surface area (Å²) in [6, 6.07) is 0. The van der Waals surface area contributed by atoms with Gasteiger partial charge in [-0.3, -0.25) is 0 Å². The van der Waals surface area contributed by atoms with E-state index in [9.17, 15) is 4.79 Å². The quantitative estimate of drug-likeness (QED) is 0.460. The molecule has 0 aliphatic rings. The Morgan fingerprint density at radius 1 is 0.895 bits per heavy atom. The van der Waals surface area contributed by atoms with E-state index in [-0.39, 0.29) is 5.97 Å². The summed E-state index contributed by atoms with van der Waals surface area (Å²) in [4.78, 5) is 12.0. The highest BCUT2D eigenvalue weighted by Gasteiger charge is 2.42. The first kappa shape index (κ1) is 18.9. The van der Waals surface area contributed by atoms with Gasteiger partial charge in [0.1, 0.15) is 0 Å². The van der Waals surface area contributed by atoms with Crippen molar-refractivity contribution in [3.63, 3.8) is 0 Å². The Morgan fingerprint density at radius 2 is 1.26 bits per heavy atom. The maximum absolute atomic E-state index is 12.0. The Kier molecular flexibility index (Phi) is 8.90. The third-order valence-corrected chi connectivity index (χ3v) is 8.47. The molecule has 0 atom stereocenters. The Morgan fingerprint density at radius 3 is 1.53 bits per heavy atom. The van der Waals surface area contributed by atoms with Gasteiger partial charge in [-0.05, 0) is 24.7 Å². The van der Waals surface area contributed by atoms with Gasteiger partial charge < -0.3 is 4.74 Å². The van der Waals surface area contributed by atoms with Crippen molar-refractivity contribution in [2.45, 2.75) is 48.5 Å². The molecule has 0 aromatic carbocycles. The molecule has 0 rings (SSSR count). The molecule has 0 aliphatic heterocycles. The van der Waals surface area contributed by atoms with E-state index in [2.05, 4.69) is 41.5 Å². The second kappa shape index (κ2) is 8.95. The van der Waals surface area contributed by atoms with Crippen molar-refractivity contribution in [1.82, 2.24) is 0 Å². The standard InChI is InChI=1S/C16H34O2P/c1-8-18-16(17)12-19(9-13(2)3,10-14(4)5)11-15(6)7/h13-15H,8-12H2,1-7H3/q+1. The normalized spacial score (nSPS) is 12.5. The van der Waals surface area contributed by atoms with Crippen molar-refractivity contribution in [3.05, 3.63) is 0 Å². The van der Waals surface area contributed by atoms with Crippen molar-refractivity contribution in [1.29, 1.82) is 0 Å². The zero-order chi connectivity index (χ0) is 15.1. The molecule has 0 radical (unpaired) electrons. The largest absolute Gasteiger partial charge is 0.463 e. The predicted molar refractivity (Wildman–Crippen MR) is 87.5 cm³/mol. The van der Waals surface area contributed by atoms with Crippen LogP contribution in [0, 0.1) is 17.8 Å². The van der Waals surface area contributed by atoms with Gasteiger partial charge in [0.15, 0.2) is 6.16 Å². The lowest BCUT2D eigenvalue weighted by Crippen LogP contribution is -2.25. The Labute approximate surface area is 121 Å². The average molecular weight is 289 g/mol. The molecule has 114 valence electrons. The van der Waals surface area contributed by atoms with E-state index >= 15 is 0 Å². The summed E-state index contributed by atoms with van der Waals surface area (Å²) in [5.41, 5.74) is 0. The SMILES string of the molecule is CCOC(=O)C[P+](CC(C)C)(CC(C)C)CC(C)C. The van der Waals surface area contributed by atoms with Crippen LogP contribution < -0.4 is 0 Å². The van der Waals surface area contributed by atoms with Crippen LogP contribution in [0.1, 0.15) is 48.5 Å². The van der Waals surface area contributed by atoms with E-state index < -0.39 is 7.26 Å². The van der Waals surface area contributed by atoms with Gasteiger partial charge in [-0.15, -0.1) is 0 Å². The van der Waals surface area contributed by atoms with Gasteiger partial charge in [-0.25, -0.2) is 4.79 Å². The number of hydrogen-bond donors (Lipinski definition) is 0. The first-order chi connectivity index (χ1) is 8.70. The summed E-state index contributed by atoms with van der Waals surface area (Å²) in [7, 11) is -1.22. The lowest BCUT2D eigenvalue weighted by atomic mass is 10.3. The van der Waals surface area contributed by atoms with Crippen molar-refractivity contribution in [3.8, 4) is 0 Å². The van der Waals surface area contributed by atoms with Crippen LogP contribution in [0.25, 0.3) is 0 Å². The predicted octanol–water partition coefficient (Wildman–Crippen LogP) is 4.54.